The second-order valence-corrected chi connectivity index (χ2v) is 8.31. The third-order valence-corrected chi connectivity index (χ3v) is 6.11. The van der Waals surface area contributed by atoms with Crippen LogP contribution >= 0.6 is 24.0 Å². The molecule has 0 spiro atoms. The van der Waals surface area contributed by atoms with Crippen molar-refractivity contribution in [2.45, 2.75) is 50.8 Å². The van der Waals surface area contributed by atoms with Crippen molar-refractivity contribution in [3.05, 3.63) is 47.9 Å². The molecule has 4 rings (SSSR count). The van der Waals surface area contributed by atoms with Crippen molar-refractivity contribution >= 4 is 35.8 Å². The van der Waals surface area contributed by atoms with Crippen molar-refractivity contribution in [2.75, 3.05) is 32.1 Å². The second-order valence-electron chi connectivity index (χ2n) is 8.31. The summed E-state index contributed by atoms with van der Waals surface area (Å²) in [5.74, 6) is 2.48. The van der Waals surface area contributed by atoms with Crippen molar-refractivity contribution < 1.29 is 13.9 Å². The van der Waals surface area contributed by atoms with Crippen molar-refractivity contribution in [1.29, 1.82) is 0 Å². The van der Waals surface area contributed by atoms with E-state index in [1.165, 1.54) is 18.9 Å². The van der Waals surface area contributed by atoms with E-state index < -0.39 is 0 Å². The smallest absolute Gasteiger partial charge is 0.191 e. The van der Waals surface area contributed by atoms with Gasteiger partial charge in [0.05, 0.1) is 13.2 Å². The molecular weight excluding hydrogens is 536 g/mol. The van der Waals surface area contributed by atoms with Crippen LogP contribution in [0.2, 0.25) is 0 Å². The predicted octanol–water partition coefficient (Wildman–Crippen LogP) is 4.11. The Hall–Kier alpha value is -2.30. The van der Waals surface area contributed by atoms with Crippen LogP contribution in [0.3, 0.4) is 0 Å². The molecule has 33 heavy (non-hydrogen) atoms. The predicted molar refractivity (Wildman–Crippen MR) is 139 cm³/mol. The lowest BCUT2D eigenvalue weighted by Gasteiger charge is -2.21. The van der Waals surface area contributed by atoms with Crippen molar-refractivity contribution in [2.24, 2.45) is 4.99 Å². The Morgan fingerprint density at radius 2 is 2.06 bits per heavy atom. The average Bonchev–Trinajstić information content (AvgIpc) is 3.49. The van der Waals surface area contributed by atoms with E-state index >= 15 is 0 Å². The van der Waals surface area contributed by atoms with E-state index in [1.54, 1.807) is 26.4 Å². The zero-order valence-corrected chi connectivity index (χ0v) is 21.6. The number of nitrogens with one attached hydrogen (secondary N) is 2. The number of methoxy groups -OCH3 is 1. The van der Waals surface area contributed by atoms with Crippen LogP contribution in [0.5, 0.6) is 11.5 Å². The molecule has 2 N–H and O–H groups in total. The minimum absolute atomic E-state index is 0. The summed E-state index contributed by atoms with van der Waals surface area (Å²) < 4.78 is 25.7. The normalized spacial score (nSPS) is 18.7. The van der Waals surface area contributed by atoms with Crippen molar-refractivity contribution in [3.63, 3.8) is 0 Å². The summed E-state index contributed by atoms with van der Waals surface area (Å²) in [6, 6.07) is 9.16. The minimum Gasteiger partial charge on any atom is -0.497 e. The number of hydrogen-bond acceptors (Lipinski definition) is 5. The van der Waals surface area contributed by atoms with Crippen LogP contribution in [0, 0.1) is 5.82 Å². The molecule has 2 fully saturated rings. The standard InChI is InChI=1S/C24H32FN5O2.HI/c1-26-24(29-18-11-13-30(16-18)23-21(25)8-5-12-27-23)28-15-17-9-10-20(31-2)14-22(17)32-19-6-3-4-7-19;/h5,8-10,12,14,18-19H,3-4,6-7,11,13,15-16H2,1-2H3,(H2,26,28,29);1H. The Morgan fingerprint density at radius 1 is 1.24 bits per heavy atom. The van der Waals surface area contributed by atoms with Crippen molar-refractivity contribution in [3.8, 4) is 11.5 Å². The van der Waals surface area contributed by atoms with Crippen molar-refractivity contribution in [1.82, 2.24) is 15.6 Å². The number of nitrogens with zero attached hydrogens (tertiary/aromatic N) is 3. The third kappa shape index (κ3) is 6.61. The summed E-state index contributed by atoms with van der Waals surface area (Å²) in [7, 11) is 3.42. The van der Waals surface area contributed by atoms with E-state index in [9.17, 15) is 4.39 Å². The highest BCUT2D eigenvalue weighted by Gasteiger charge is 2.26. The first-order valence-corrected chi connectivity index (χ1v) is 11.3. The average molecular weight is 569 g/mol. The van der Waals surface area contributed by atoms with Crippen LogP contribution in [0.15, 0.2) is 41.5 Å². The summed E-state index contributed by atoms with van der Waals surface area (Å²) >= 11 is 0. The van der Waals surface area contributed by atoms with Gasteiger partial charge in [-0.1, -0.05) is 0 Å². The Morgan fingerprint density at radius 3 is 2.79 bits per heavy atom. The lowest BCUT2D eigenvalue weighted by Crippen LogP contribution is -2.44. The summed E-state index contributed by atoms with van der Waals surface area (Å²) in [6.45, 7) is 2.00. The Bertz CT molecular complexity index is 939. The van der Waals surface area contributed by atoms with Gasteiger partial charge in [-0.15, -0.1) is 24.0 Å². The number of halogens is 2. The molecule has 1 aliphatic heterocycles. The van der Waals surface area contributed by atoms with Gasteiger partial charge in [-0.25, -0.2) is 9.37 Å². The Labute approximate surface area is 212 Å². The third-order valence-electron chi connectivity index (χ3n) is 6.11. The fraction of sp³-hybridized carbons (Fsp3) is 0.500. The maximum absolute atomic E-state index is 14.1. The van der Waals surface area contributed by atoms with Crippen LogP contribution in [-0.4, -0.2) is 50.3 Å². The lowest BCUT2D eigenvalue weighted by molar-refractivity contribution is 0.207. The van der Waals surface area contributed by atoms with Gasteiger partial charge in [0, 0.05) is 50.6 Å². The first kappa shape index (κ1) is 25.3. The summed E-state index contributed by atoms with van der Waals surface area (Å²) in [6.07, 6.45) is 7.42. The molecular formula is C24H33FIN5O2. The minimum atomic E-state index is -0.287. The molecule has 1 saturated carbocycles. The topological polar surface area (TPSA) is 71.0 Å². The molecule has 1 atom stereocenters. The summed E-state index contributed by atoms with van der Waals surface area (Å²) in [5.41, 5.74) is 1.06. The van der Waals surface area contributed by atoms with Crippen LogP contribution in [0.4, 0.5) is 10.2 Å². The molecule has 0 radical (unpaired) electrons. The number of rotatable bonds is 7. The monoisotopic (exact) mass is 569 g/mol. The maximum Gasteiger partial charge on any atom is 0.191 e. The zero-order valence-electron chi connectivity index (χ0n) is 19.2. The van der Waals surface area contributed by atoms with Gasteiger partial charge < -0.3 is 25.0 Å². The first-order valence-electron chi connectivity index (χ1n) is 11.3. The molecule has 1 aliphatic carbocycles. The van der Waals surface area contributed by atoms with E-state index in [-0.39, 0.29) is 41.9 Å². The van der Waals surface area contributed by atoms with Crippen LogP contribution in [0.25, 0.3) is 0 Å². The zero-order chi connectivity index (χ0) is 22.3. The molecule has 1 saturated heterocycles. The molecule has 1 unspecified atom stereocenters. The molecule has 7 nitrogen and oxygen atoms in total. The number of hydrogen-bond donors (Lipinski definition) is 2. The molecule has 0 bridgehead atoms. The van der Waals surface area contributed by atoms with E-state index in [4.69, 9.17) is 9.47 Å². The number of guanidine groups is 1. The molecule has 180 valence electrons. The van der Waals surface area contributed by atoms with Gasteiger partial charge in [-0.2, -0.15) is 0 Å². The molecule has 2 aliphatic rings. The SMILES string of the molecule is CN=C(NCc1ccc(OC)cc1OC1CCCC1)NC1CCN(c2ncccc2F)C1.I. The molecule has 2 heterocycles. The van der Waals surface area contributed by atoms with E-state index in [2.05, 4.69) is 20.6 Å². The van der Waals surface area contributed by atoms with Gasteiger partial charge in [0.2, 0.25) is 0 Å². The number of pyridine rings is 1. The number of aliphatic imine (C=N–C) groups is 1. The van der Waals surface area contributed by atoms with Gasteiger partial charge in [-0.3, -0.25) is 4.99 Å². The Balaban J connectivity index is 0.00000306. The lowest BCUT2D eigenvalue weighted by atomic mass is 10.1. The highest BCUT2D eigenvalue weighted by atomic mass is 127. The van der Waals surface area contributed by atoms with Gasteiger partial charge in [-0.05, 0) is 56.4 Å². The van der Waals surface area contributed by atoms with Gasteiger partial charge in [0.15, 0.2) is 17.6 Å². The molecule has 0 amide bonds. The summed E-state index contributed by atoms with van der Waals surface area (Å²) in [5, 5.41) is 6.84. The van der Waals surface area contributed by atoms with Crippen LogP contribution < -0.4 is 25.0 Å². The molecule has 2 aromatic rings. The van der Waals surface area contributed by atoms with Gasteiger partial charge >= 0.3 is 0 Å². The van der Waals surface area contributed by atoms with E-state index in [0.717, 1.165) is 42.9 Å². The first-order chi connectivity index (χ1) is 15.7. The summed E-state index contributed by atoms with van der Waals surface area (Å²) in [4.78, 5) is 10.5. The Kier molecular flexibility index (Phi) is 9.40. The number of aromatic nitrogens is 1. The highest BCUT2D eigenvalue weighted by Crippen LogP contribution is 2.30. The van der Waals surface area contributed by atoms with Gasteiger partial charge in [0.25, 0.3) is 0 Å². The molecule has 9 heteroatoms. The fourth-order valence-corrected chi connectivity index (χ4v) is 4.35. The quantitative estimate of drug-likeness (QED) is 0.297. The van der Waals surface area contributed by atoms with Gasteiger partial charge in [0.1, 0.15) is 11.5 Å². The number of ether oxygens (including phenoxy) is 2. The largest absolute Gasteiger partial charge is 0.497 e. The molecule has 1 aromatic heterocycles. The highest BCUT2D eigenvalue weighted by molar-refractivity contribution is 14.0. The van der Waals surface area contributed by atoms with E-state index in [0.29, 0.717) is 24.9 Å². The molecule has 1 aromatic carbocycles. The van der Waals surface area contributed by atoms with Crippen LogP contribution in [-0.2, 0) is 6.54 Å². The van der Waals surface area contributed by atoms with E-state index in [1.807, 2.05) is 23.1 Å². The number of benzene rings is 1. The maximum atomic E-state index is 14.1. The number of anilines is 1. The fourth-order valence-electron chi connectivity index (χ4n) is 4.35. The second kappa shape index (κ2) is 12.2. The van der Waals surface area contributed by atoms with Crippen LogP contribution in [0.1, 0.15) is 37.7 Å².